The topological polar surface area (TPSA) is 17.1 Å². The highest BCUT2D eigenvalue weighted by atomic mass is 35.5. The van der Waals surface area contributed by atoms with Crippen molar-refractivity contribution in [1.29, 1.82) is 0 Å². The summed E-state index contributed by atoms with van der Waals surface area (Å²) in [6.45, 7) is 1.78. The van der Waals surface area contributed by atoms with Crippen LogP contribution in [0.1, 0.15) is 21.5 Å². The molecule has 2 aromatic carbocycles. The minimum Gasteiger partial charge on any atom is -0.294 e. The molecule has 0 spiro atoms. The molecule has 1 nitrogen and oxygen atoms in total. The van der Waals surface area contributed by atoms with Crippen molar-refractivity contribution in [2.45, 2.75) is 13.3 Å². The average molecular weight is 281 g/mol. The molecule has 0 aliphatic heterocycles. The maximum atomic E-state index is 13.6. The molecular formula is C15H11ClF2O. The van der Waals surface area contributed by atoms with E-state index in [-0.39, 0.29) is 22.8 Å². The number of carbonyl (C=O) groups is 1. The van der Waals surface area contributed by atoms with E-state index in [0.29, 0.717) is 5.56 Å². The van der Waals surface area contributed by atoms with Crippen LogP contribution in [0, 0.1) is 18.6 Å². The van der Waals surface area contributed by atoms with Gasteiger partial charge in [-0.3, -0.25) is 4.79 Å². The minimum atomic E-state index is -0.561. The van der Waals surface area contributed by atoms with Crippen LogP contribution in [0.4, 0.5) is 8.78 Å². The van der Waals surface area contributed by atoms with Gasteiger partial charge in [0.05, 0.1) is 5.56 Å². The second kappa shape index (κ2) is 5.49. The van der Waals surface area contributed by atoms with Gasteiger partial charge in [-0.1, -0.05) is 29.3 Å². The Morgan fingerprint density at radius 3 is 2.58 bits per heavy atom. The van der Waals surface area contributed by atoms with Gasteiger partial charge in [-0.25, -0.2) is 8.78 Å². The predicted molar refractivity (Wildman–Crippen MR) is 70.6 cm³/mol. The fourth-order valence-electron chi connectivity index (χ4n) is 1.79. The lowest BCUT2D eigenvalue weighted by Gasteiger charge is -2.06. The zero-order valence-corrected chi connectivity index (χ0v) is 11.0. The number of carbonyl (C=O) groups excluding carboxylic acids is 1. The number of rotatable bonds is 3. The largest absolute Gasteiger partial charge is 0.294 e. The number of hydrogen-bond acceptors (Lipinski definition) is 1. The van der Waals surface area contributed by atoms with E-state index in [4.69, 9.17) is 11.6 Å². The predicted octanol–water partition coefficient (Wildman–Crippen LogP) is 4.35. The SMILES string of the molecule is Cc1ccc(F)c(C(=O)Cc2ccc(F)cc2Cl)c1. The van der Waals surface area contributed by atoms with E-state index in [2.05, 4.69) is 0 Å². The molecule has 0 amide bonds. The van der Waals surface area contributed by atoms with Crippen LogP contribution in [0.25, 0.3) is 0 Å². The van der Waals surface area contributed by atoms with Crippen LogP contribution >= 0.6 is 11.6 Å². The highest BCUT2D eigenvalue weighted by molar-refractivity contribution is 6.31. The van der Waals surface area contributed by atoms with Gasteiger partial charge >= 0.3 is 0 Å². The first-order valence-corrected chi connectivity index (χ1v) is 6.08. The van der Waals surface area contributed by atoms with Gasteiger partial charge in [0.2, 0.25) is 0 Å². The molecule has 0 atom stereocenters. The molecule has 4 heteroatoms. The molecular weight excluding hydrogens is 270 g/mol. The second-order valence-electron chi connectivity index (χ2n) is 4.32. The molecule has 0 aliphatic rings. The van der Waals surface area contributed by atoms with Crippen molar-refractivity contribution in [2.24, 2.45) is 0 Å². The molecule has 2 aromatic rings. The third kappa shape index (κ3) is 3.18. The van der Waals surface area contributed by atoms with Crippen LogP contribution in [-0.4, -0.2) is 5.78 Å². The van der Waals surface area contributed by atoms with E-state index in [9.17, 15) is 13.6 Å². The van der Waals surface area contributed by atoms with Gasteiger partial charge in [0.15, 0.2) is 5.78 Å². The quantitative estimate of drug-likeness (QED) is 0.764. The van der Waals surface area contributed by atoms with E-state index in [1.54, 1.807) is 13.0 Å². The molecule has 0 aromatic heterocycles. The van der Waals surface area contributed by atoms with Crippen molar-refractivity contribution in [3.8, 4) is 0 Å². The molecule has 0 bridgehead atoms. The first kappa shape index (κ1) is 13.7. The Kier molecular flexibility index (Phi) is 3.96. The van der Waals surface area contributed by atoms with Gasteiger partial charge < -0.3 is 0 Å². The molecule has 0 fully saturated rings. The van der Waals surface area contributed by atoms with Crippen molar-refractivity contribution in [1.82, 2.24) is 0 Å². The van der Waals surface area contributed by atoms with E-state index in [1.165, 1.54) is 24.3 Å². The second-order valence-corrected chi connectivity index (χ2v) is 4.73. The van der Waals surface area contributed by atoms with Crippen molar-refractivity contribution >= 4 is 17.4 Å². The van der Waals surface area contributed by atoms with E-state index >= 15 is 0 Å². The summed E-state index contributed by atoms with van der Waals surface area (Å²) in [6.07, 6.45) is -0.0561. The normalized spacial score (nSPS) is 10.5. The van der Waals surface area contributed by atoms with Gasteiger partial charge in [0, 0.05) is 11.4 Å². The first-order chi connectivity index (χ1) is 8.97. The summed E-state index contributed by atoms with van der Waals surface area (Å²) in [5.74, 6) is -1.41. The summed E-state index contributed by atoms with van der Waals surface area (Å²) in [5, 5.41) is 0.168. The Labute approximate surface area is 114 Å². The summed E-state index contributed by atoms with van der Waals surface area (Å²) in [7, 11) is 0. The number of hydrogen-bond donors (Lipinski definition) is 0. The molecule has 98 valence electrons. The number of halogens is 3. The zero-order chi connectivity index (χ0) is 14.0. The summed E-state index contributed by atoms with van der Waals surface area (Å²) >= 11 is 5.85. The Morgan fingerprint density at radius 1 is 1.16 bits per heavy atom. The molecule has 0 saturated carbocycles. The van der Waals surface area contributed by atoms with Crippen LogP contribution in [0.3, 0.4) is 0 Å². The van der Waals surface area contributed by atoms with Crippen LogP contribution in [-0.2, 0) is 6.42 Å². The van der Waals surface area contributed by atoms with Crippen LogP contribution < -0.4 is 0 Å². The van der Waals surface area contributed by atoms with Crippen molar-refractivity contribution in [3.63, 3.8) is 0 Å². The molecule has 0 N–H and O–H groups in total. The monoisotopic (exact) mass is 280 g/mol. The summed E-state index contributed by atoms with van der Waals surface area (Å²) < 4.78 is 26.5. The van der Waals surface area contributed by atoms with Crippen molar-refractivity contribution in [2.75, 3.05) is 0 Å². The molecule has 0 radical (unpaired) electrons. The fourth-order valence-corrected chi connectivity index (χ4v) is 2.02. The number of ketones is 1. The lowest BCUT2D eigenvalue weighted by Crippen LogP contribution is -2.07. The highest BCUT2D eigenvalue weighted by Crippen LogP contribution is 2.20. The lowest BCUT2D eigenvalue weighted by molar-refractivity contribution is 0.0989. The highest BCUT2D eigenvalue weighted by Gasteiger charge is 2.14. The summed E-state index contributed by atoms with van der Waals surface area (Å²) in [4.78, 5) is 12.0. The molecule has 0 unspecified atom stereocenters. The van der Waals surface area contributed by atoms with Gasteiger partial charge in [0.25, 0.3) is 0 Å². The average Bonchev–Trinajstić information content (AvgIpc) is 2.35. The molecule has 2 rings (SSSR count). The van der Waals surface area contributed by atoms with Crippen LogP contribution in [0.15, 0.2) is 36.4 Å². The number of Topliss-reactive ketones (excluding diaryl/α,β-unsaturated/α-hetero) is 1. The third-order valence-electron chi connectivity index (χ3n) is 2.79. The van der Waals surface area contributed by atoms with Crippen molar-refractivity contribution in [3.05, 3.63) is 69.7 Å². The molecule has 19 heavy (non-hydrogen) atoms. The van der Waals surface area contributed by atoms with Gasteiger partial charge in [0.1, 0.15) is 11.6 Å². The van der Waals surface area contributed by atoms with Crippen molar-refractivity contribution < 1.29 is 13.6 Å². The maximum Gasteiger partial charge on any atom is 0.170 e. The van der Waals surface area contributed by atoms with E-state index < -0.39 is 11.6 Å². The fraction of sp³-hybridized carbons (Fsp3) is 0.133. The van der Waals surface area contributed by atoms with Crippen LogP contribution in [0.5, 0.6) is 0 Å². The van der Waals surface area contributed by atoms with E-state index in [0.717, 1.165) is 11.6 Å². The van der Waals surface area contributed by atoms with Gasteiger partial charge in [-0.15, -0.1) is 0 Å². The number of benzene rings is 2. The van der Waals surface area contributed by atoms with Gasteiger partial charge in [-0.2, -0.15) is 0 Å². The smallest absolute Gasteiger partial charge is 0.170 e. The standard InChI is InChI=1S/C15H11ClF2O/c1-9-2-5-14(18)12(6-9)15(19)7-10-3-4-11(17)8-13(10)16/h2-6,8H,7H2,1H3. The maximum absolute atomic E-state index is 13.6. The Balaban J connectivity index is 2.28. The molecule has 0 aliphatic carbocycles. The lowest BCUT2D eigenvalue weighted by atomic mass is 10.0. The Hall–Kier alpha value is -1.74. The summed E-state index contributed by atoms with van der Waals surface area (Å²) in [6, 6.07) is 8.14. The van der Waals surface area contributed by atoms with Gasteiger partial charge in [-0.05, 0) is 36.8 Å². The first-order valence-electron chi connectivity index (χ1n) is 5.70. The van der Waals surface area contributed by atoms with Crippen LogP contribution in [0.2, 0.25) is 5.02 Å². The Bertz CT molecular complexity index is 638. The zero-order valence-electron chi connectivity index (χ0n) is 10.2. The van der Waals surface area contributed by atoms with E-state index in [1.807, 2.05) is 0 Å². The molecule has 0 saturated heterocycles. The molecule has 0 heterocycles. The summed E-state index contributed by atoms with van der Waals surface area (Å²) in [5.41, 5.74) is 1.31. The third-order valence-corrected chi connectivity index (χ3v) is 3.14. The Morgan fingerprint density at radius 2 is 1.89 bits per heavy atom. The minimum absolute atomic E-state index is 0.0281. The number of aryl methyl sites for hydroxylation is 1.